The molecule has 7 atom stereocenters. The van der Waals surface area contributed by atoms with Crippen molar-refractivity contribution in [3.05, 3.63) is 23.3 Å². The second-order valence-corrected chi connectivity index (χ2v) is 11.6. The van der Waals surface area contributed by atoms with Crippen molar-refractivity contribution in [2.24, 2.45) is 11.3 Å². The van der Waals surface area contributed by atoms with Crippen molar-refractivity contribution in [3.8, 4) is 11.5 Å². The fourth-order valence-corrected chi connectivity index (χ4v) is 9.51. The van der Waals surface area contributed by atoms with Crippen LogP contribution in [-0.2, 0) is 16.6 Å². The molecule has 0 radical (unpaired) electrons. The minimum atomic E-state index is -0.774. The number of hydrogen-bond donors (Lipinski definition) is 1. The molecule has 3 saturated carbocycles. The number of rotatable bonds is 5. The molecule has 2 heterocycles. The Kier molecular flexibility index (Phi) is 4.41. The number of aryl methyl sites for hydroxylation is 1. The van der Waals surface area contributed by atoms with Gasteiger partial charge in [0, 0.05) is 35.5 Å². The van der Waals surface area contributed by atoms with E-state index in [1.807, 2.05) is 7.11 Å². The maximum absolute atomic E-state index is 11.8. The number of likely N-dealkylation sites (tertiary alicyclic amines) is 1. The Balaban J connectivity index is 1.65. The van der Waals surface area contributed by atoms with Gasteiger partial charge in [0.25, 0.3) is 0 Å². The minimum Gasteiger partial charge on any atom is -0.493 e. The molecule has 32 heavy (non-hydrogen) atoms. The molecule has 5 nitrogen and oxygen atoms in total. The van der Waals surface area contributed by atoms with Gasteiger partial charge in [-0.15, -0.1) is 0 Å². The van der Waals surface area contributed by atoms with E-state index in [0.29, 0.717) is 6.04 Å². The summed E-state index contributed by atoms with van der Waals surface area (Å²) >= 11 is 0. The second kappa shape index (κ2) is 6.64. The van der Waals surface area contributed by atoms with Crippen LogP contribution < -0.4 is 9.47 Å². The number of aliphatic hydroxyl groups is 1. The van der Waals surface area contributed by atoms with Gasteiger partial charge < -0.3 is 24.2 Å². The van der Waals surface area contributed by atoms with Crippen molar-refractivity contribution in [2.75, 3.05) is 27.8 Å². The van der Waals surface area contributed by atoms with Crippen LogP contribution in [0.15, 0.2) is 12.1 Å². The molecule has 1 saturated heterocycles. The highest BCUT2D eigenvalue weighted by molar-refractivity contribution is 5.62. The van der Waals surface area contributed by atoms with Gasteiger partial charge in [-0.1, -0.05) is 19.4 Å². The highest BCUT2D eigenvalue weighted by atomic mass is 16.6. The highest BCUT2D eigenvalue weighted by Crippen LogP contribution is 2.76. The van der Waals surface area contributed by atoms with Crippen LogP contribution in [0.1, 0.15) is 69.9 Å². The normalized spacial score (nSPS) is 43.2. The Morgan fingerprint density at radius 3 is 2.78 bits per heavy atom. The largest absolute Gasteiger partial charge is 0.493 e. The molecule has 1 N–H and O–H groups in total. The van der Waals surface area contributed by atoms with Crippen molar-refractivity contribution < 1.29 is 19.3 Å². The van der Waals surface area contributed by atoms with Gasteiger partial charge in [0.15, 0.2) is 11.5 Å². The molecule has 176 valence electrons. The van der Waals surface area contributed by atoms with Gasteiger partial charge in [0.1, 0.15) is 11.7 Å². The van der Waals surface area contributed by atoms with Gasteiger partial charge in [-0.05, 0) is 77.1 Å². The summed E-state index contributed by atoms with van der Waals surface area (Å²) in [4.78, 5) is 2.63. The van der Waals surface area contributed by atoms with E-state index in [1.54, 1.807) is 7.11 Å². The van der Waals surface area contributed by atoms with E-state index in [2.05, 4.69) is 37.9 Å². The number of hydrogen-bond acceptors (Lipinski definition) is 5. The number of methoxy groups -OCH3 is 2. The van der Waals surface area contributed by atoms with Crippen molar-refractivity contribution in [1.29, 1.82) is 0 Å². The van der Waals surface area contributed by atoms with E-state index in [-0.39, 0.29) is 22.9 Å². The van der Waals surface area contributed by atoms with E-state index in [4.69, 9.17) is 14.2 Å². The molecule has 0 amide bonds. The molecule has 1 aromatic carbocycles. The molecule has 5 heteroatoms. The Morgan fingerprint density at radius 2 is 2.06 bits per heavy atom. The summed E-state index contributed by atoms with van der Waals surface area (Å²) in [5, 5.41) is 11.8. The molecular weight excluding hydrogens is 402 g/mol. The summed E-state index contributed by atoms with van der Waals surface area (Å²) in [5.41, 5.74) is 1.64. The molecule has 1 unspecified atom stereocenters. The fourth-order valence-electron chi connectivity index (χ4n) is 9.51. The summed E-state index contributed by atoms with van der Waals surface area (Å²) in [6.45, 7) is 5.30. The van der Waals surface area contributed by atoms with Gasteiger partial charge in [-0.3, -0.25) is 0 Å². The third-order valence-electron chi connectivity index (χ3n) is 10.6. The maximum atomic E-state index is 11.8. The Labute approximate surface area is 192 Å². The average molecular weight is 442 g/mol. The Hall–Kier alpha value is -1.30. The molecule has 4 aliphatic carbocycles. The molecule has 0 aromatic heterocycles. The minimum absolute atomic E-state index is 0.0580. The van der Waals surface area contributed by atoms with Gasteiger partial charge in [-0.2, -0.15) is 0 Å². The first kappa shape index (κ1) is 21.2. The topological polar surface area (TPSA) is 51.2 Å². The lowest BCUT2D eigenvalue weighted by atomic mass is 9.36. The molecule has 6 aliphatic rings. The van der Waals surface area contributed by atoms with Crippen LogP contribution in [0.3, 0.4) is 0 Å². The van der Waals surface area contributed by atoms with Gasteiger partial charge in [0.2, 0.25) is 0 Å². The SMILES string of the molecule is CCCC(C)(O)[C@H]1C[C@@]23CC[C@@]1(OC)[C@@H]1Oc4c(OC)ccc5c4[C@@]12CCN(C)[C@@H]3CC5. The standard InChI is InChI=1S/C27H39NO4/c1-6-11-24(2,29)19-16-25-12-13-27(19,31-5)23-26(25)14-15-28(3)20(25)10-8-17-7-9-18(30-4)22(32-23)21(17)26/h7,9,19-20,23,29H,6,8,10-16H2,1-5H3/t19-,20-,23-,24?,25-,26+,27+/m1/s1. The second-order valence-electron chi connectivity index (χ2n) is 11.6. The molecule has 2 aliphatic heterocycles. The van der Waals surface area contributed by atoms with Crippen LogP contribution in [0.25, 0.3) is 0 Å². The number of ether oxygens (including phenoxy) is 3. The van der Waals surface area contributed by atoms with Gasteiger partial charge >= 0.3 is 0 Å². The van der Waals surface area contributed by atoms with Crippen LogP contribution in [0.4, 0.5) is 0 Å². The zero-order valence-corrected chi connectivity index (χ0v) is 20.4. The van der Waals surface area contributed by atoms with E-state index in [1.165, 1.54) is 17.5 Å². The molecule has 4 bridgehead atoms. The lowest BCUT2D eigenvalue weighted by Crippen LogP contribution is -2.81. The smallest absolute Gasteiger partial charge is 0.165 e. The van der Waals surface area contributed by atoms with Crippen molar-refractivity contribution in [3.63, 3.8) is 0 Å². The third-order valence-corrected chi connectivity index (χ3v) is 10.6. The first-order chi connectivity index (χ1) is 15.3. The van der Waals surface area contributed by atoms with Crippen molar-refractivity contribution >= 4 is 0 Å². The first-order valence-corrected chi connectivity index (χ1v) is 12.7. The summed E-state index contributed by atoms with van der Waals surface area (Å²) in [6.07, 6.45) is 8.14. The van der Waals surface area contributed by atoms with Crippen molar-refractivity contribution in [1.82, 2.24) is 4.90 Å². The van der Waals surface area contributed by atoms with Gasteiger partial charge in [0.05, 0.1) is 12.7 Å². The summed E-state index contributed by atoms with van der Waals surface area (Å²) in [7, 11) is 5.93. The predicted molar refractivity (Wildman–Crippen MR) is 123 cm³/mol. The quantitative estimate of drug-likeness (QED) is 0.746. The van der Waals surface area contributed by atoms with Crippen LogP contribution in [0.2, 0.25) is 0 Å². The summed E-state index contributed by atoms with van der Waals surface area (Å²) in [6, 6.07) is 4.89. The number of fused-ring (bicyclic) bond motifs is 2. The van der Waals surface area contributed by atoms with Crippen LogP contribution >= 0.6 is 0 Å². The maximum Gasteiger partial charge on any atom is 0.165 e. The zero-order chi connectivity index (χ0) is 22.5. The zero-order valence-electron chi connectivity index (χ0n) is 20.4. The summed E-state index contributed by atoms with van der Waals surface area (Å²) in [5.74, 6) is 1.87. The third kappa shape index (κ3) is 2.17. The number of benzene rings is 1. The summed E-state index contributed by atoms with van der Waals surface area (Å²) < 4.78 is 19.4. The van der Waals surface area contributed by atoms with Gasteiger partial charge in [-0.25, -0.2) is 0 Å². The Morgan fingerprint density at radius 1 is 1.25 bits per heavy atom. The van der Waals surface area contributed by atoms with Crippen LogP contribution in [0.5, 0.6) is 11.5 Å². The lowest BCUT2D eigenvalue weighted by molar-refractivity contribution is -0.299. The Bertz CT molecular complexity index is 946. The predicted octanol–water partition coefficient (Wildman–Crippen LogP) is 4.08. The lowest BCUT2D eigenvalue weighted by Gasteiger charge is -2.73. The molecule has 2 spiro atoms. The number of nitrogens with zero attached hydrogens (tertiary/aromatic N) is 1. The monoisotopic (exact) mass is 441 g/mol. The van der Waals surface area contributed by atoms with Crippen LogP contribution in [0, 0.1) is 11.3 Å². The fraction of sp³-hybridized carbons (Fsp3) is 0.778. The molecule has 4 fully saturated rings. The molecule has 1 aromatic rings. The molecular formula is C27H39NO4. The first-order valence-electron chi connectivity index (χ1n) is 12.7. The van der Waals surface area contributed by atoms with E-state index in [0.717, 1.165) is 63.0 Å². The average Bonchev–Trinajstić information content (AvgIpc) is 3.12. The van der Waals surface area contributed by atoms with E-state index >= 15 is 0 Å². The van der Waals surface area contributed by atoms with Crippen LogP contribution in [-0.4, -0.2) is 61.2 Å². The highest BCUT2D eigenvalue weighted by Gasteiger charge is 2.81. The molecule has 7 rings (SSSR count). The van der Waals surface area contributed by atoms with Crippen molar-refractivity contribution in [2.45, 2.75) is 94.0 Å². The van der Waals surface area contributed by atoms with E-state index < -0.39 is 11.2 Å². The number of piperidine rings is 1. The van der Waals surface area contributed by atoms with E-state index in [9.17, 15) is 5.11 Å².